The Morgan fingerprint density at radius 2 is 1.80 bits per heavy atom. The van der Waals surface area contributed by atoms with Crippen LogP contribution in [0.5, 0.6) is 0 Å². The third-order valence-electron chi connectivity index (χ3n) is 3.20. The van der Waals surface area contributed by atoms with Crippen molar-refractivity contribution in [1.82, 2.24) is 4.90 Å². The smallest absolute Gasteiger partial charge is 0.110 e. The molecular weight excluding hydrogens is 121 g/mol. The van der Waals surface area contributed by atoms with Crippen LogP contribution >= 0.6 is 0 Å². The highest BCUT2D eigenvalue weighted by Gasteiger charge is 2.38. The molecule has 0 N–H and O–H groups in total. The molecule has 0 bridgehead atoms. The Morgan fingerprint density at radius 3 is 2.20 bits per heavy atom. The highest BCUT2D eigenvalue weighted by Crippen LogP contribution is 2.45. The fourth-order valence-electron chi connectivity index (χ4n) is 2.05. The van der Waals surface area contributed by atoms with Crippen LogP contribution in [-0.2, 0) is 0 Å². The molecule has 2 rings (SSSR count). The van der Waals surface area contributed by atoms with Gasteiger partial charge >= 0.3 is 0 Å². The van der Waals surface area contributed by atoms with Gasteiger partial charge in [-0.05, 0) is 38.4 Å². The zero-order valence-electron chi connectivity index (χ0n) is 6.77. The predicted molar refractivity (Wildman–Crippen MR) is 44.5 cm³/mol. The van der Waals surface area contributed by atoms with Crippen LogP contribution in [0.2, 0.25) is 12.6 Å². The van der Waals surface area contributed by atoms with Crippen LogP contribution in [0.1, 0.15) is 12.8 Å². The van der Waals surface area contributed by atoms with E-state index in [9.17, 15) is 0 Å². The Morgan fingerprint density at radius 1 is 1.20 bits per heavy atom. The molecule has 0 amide bonds. The normalized spacial score (nSPS) is 31.3. The fourth-order valence-corrected chi connectivity index (χ4v) is 2.05. The Balaban J connectivity index is 1.90. The van der Waals surface area contributed by atoms with Crippen molar-refractivity contribution in [3.05, 3.63) is 0 Å². The maximum absolute atomic E-state index is 2.45. The van der Waals surface area contributed by atoms with E-state index in [1.54, 1.807) is 0 Å². The van der Waals surface area contributed by atoms with E-state index < -0.39 is 0 Å². The average molecular weight is 136 g/mol. The number of likely N-dealkylation sites (tertiary alicyclic amines) is 1. The summed E-state index contributed by atoms with van der Waals surface area (Å²) in [6.07, 6.45) is 5.70. The molecule has 2 heteroatoms. The zero-order valence-corrected chi connectivity index (χ0v) is 6.77. The van der Waals surface area contributed by atoms with Crippen molar-refractivity contribution < 1.29 is 0 Å². The van der Waals surface area contributed by atoms with Crippen molar-refractivity contribution in [1.29, 1.82) is 0 Å². The first-order chi connectivity index (χ1) is 4.81. The summed E-state index contributed by atoms with van der Waals surface area (Å²) in [5.41, 5.74) is 0.784. The second-order valence-corrected chi connectivity index (χ2v) is 4.00. The average Bonchev–Trinajstić information content (AvgIpc) is 1.86. The monoisotopic (exact) mass is 136 g/mol. The molecule has 10 heavy (non-hydrogen) atoms. The summed E-state index contributed by atoms with van der Waals surface area (Å²) in [6.45, 7) is 2.65. The van der Waals surface area contributed by atoms with Gasteiger partial charge in [-0.25, -0.2) is 0 Å². The van der Waals surface area contributed by atoms with Crippen LogP contribution in [-0.4, -0.2) is 32.3 Å². The van der Waals surface area contributed by atoms with E-state index in [0.29, 0.717) is 0 Å². The van der Waals surface area contributed by atoms with Gasteiger partial charge in [0, 0.05) is 0 Å². The molecule has 2 fully saturated rings. The van der Waals surface area contributed by atoms with Gasteiger partial charge in [0.25, 0.3) is 0 Å². The van der Waals surface area contributed by atoms with Crippen molar-refractivity contribution in [2.75, 3.05) is 20.1 Å². The molecule has 0 atom stereocenters. The molecule has 0 aromatic rings. The highest BCUT2D eigenvalue weighted by atomic mass is 15.1. The lowest BCUT2D eigenvalue weighted by Gasteiger charge is -2.47. The number of piperidine rings is 1. The SMILES string of the molecule is CN1CCC2(C[B]C2)CC1. The largest absolute Gasteiger partial charge is 0.306 e. The van der Waals surface area contributed by atoms with Crippen molar-refractivity contribution >= 4 is 7.28 Å². The molecular formula is C8H15BN. The number of hydrogen-bond donors (Lipinski definition) is 0. The van der Waals surface area contributed by atoms with E-state index in [0.717, 1.165) is 5.41 Å². The highest BCUT2D eigenvalue weighted by molar-refractivity contribution is 6.40. The number of rotatable bonds is 0. The first kappa shape index (κ1) is 6.72. The van der Waals surface area contributed by atoms with Gasteiger partial charge in [-0.1, -0.05) is 12.6 Å². The molecule has 0 aromatic heterocycles. The molecule has 1 spiro atoms. The standard InChI is InChI=1S/C8H15BN/c1-10-4-2-8(3-5-10)6-9-7-8/h2-7H2,1H3. The minimum Gasteiger partial charge on any atom is -0.306 e. The third-order valence-corrected chi connectivity index (χ3v) is 3.20. The molecule has 0 aromatic carbocycles. The Bertz CT molecular complexity index is 121. The zero-order chi connectivity index (χ0) is 7.03. The Hall–Kier alpha value is 0.0249. The van der Waals surface area contributed by atoms with Gasteiger partial charge in [0.05, 0.1) is 0 Å². The quantitative estimate of drug-likeness (QED) is 0.453. The van der Waals surface area contributed by atoms with Gasteiger partial charge in [-0.2, -0.15) is 0 Å². The first-order valence-corrected chi connectivity index (χ1v) is 4.31. The van der Waals surface area contributed by atoms with E-state index in [1.807, 2.05) is 0 Å². The molecule has 2 saturated heterocycles. The molecule has 55 valence electrons. The van der Waals surface area contributed by atoms with E-state index >= 15 is 0 Å². The lowest BCUT2D eigenvalue weighted by atomic mass is 9.40. The summed E-state index contributed by atoms with van der Waals surface area (Å²) in [5.74, 6) is 0. The number of hydrogen-bond acceptors (Lipinski definition) is 1. The van der Waals surface area contributed by atoms with E-state index in [4.69, 9.17) is 0 Å². The van der Waals surface area contributed by atoms with Crippen LogP contribution in [0.15, 0.2) is 0 Å². The molecule has 0 aliphatic carbocycles. The summed E-state index contributed by atoms with van der Waals surface area (Å²) in [5, 5.41) is 0. The molecule has 2 aliphatic heterocycles. The molecule has 1 radical (unpaired) electrons. The van der Waals surface area contributed by atoms with Crippen LogP contribution in [0.25, 0.3) is 0 Å². The minimum absolute atomic E-state index is 0.784. The fraction of sp³-hybridized carbons (Fsp3) is 1.00. The summed E-state index contributed by atoms with van der Waals surface area (Å²) < 4.78 is 0. The molecule has 0 saturated carbocycles. The van der Waals surface area contributed by atoms with Gasteiger partial charge in [-0.3, -0.25) is 0 Å². The minimum atomic E-state index is 0.784. The van der Waals surface area contributed by atoms with Crippen LogP contribution < -0.4 is 0 Å². The molecule has 0 unspecified atom stereocenters. The third kappa shape index (κ3) is 0.988. The van der Waals surface area contributed by atoms with Crippen molar-refractivity contribution in [2.24, 2.45) is 5.41 Å². The Labute approximate surface area is 64.0 Å². The Kier molecular flexibility index (Phi) is 1.52. The molecule has 2 heterocycles. The van der Waals surface area contributed by atoms with Crippen molar-refractivity contribution in [3.8, 4) is 0 Å². The maximum atomic E-state index is 2.45. The van der Waals surface area contributed by atoms with E-state index in [1.165, 1.54) is 38.6 Å². The van der Waals surface area contributed by atoms with Crippen LogP contribution in [0, 0.1) is 5.41 Å². The summed E-state index contributed by atoms with van der Waals surface area (Å²) in [4.78, 5) is 2.45. The lowest BCUT2D eigenvalue weighted by Crippen LogP contribution is -2.43. The van der Waals surface area contributed by atoms with Gasteiger partial charge in [0.2, 0.25) is 0 Å². The molecule has 2 aliphatic rings. The predicted octanol–water partition coefficient (Wildman–Crippen LogP) is 1.25. The second-order valence-electron chi connectivity index (χ2n) is 4.00. The maximum Gasteiger partial charge on any atom is 0.110 e. The second kappa shape index (κ2) is 2.26. The van der Waals surface area contributed by atoms with E-state index in [-0.39, 0.29) is 0 Å². The lowest BCUT2D eigenvalue weighted by molar-refractivity contribution is 0.142. The summed E-state index contributed by atoms with van der Waals surface area (Å²) in [6, 6.07) is 0. The molecule has 1 nitrogen and oxygen atoms in total. The summed E-state index contributed by atoms with van der Waals surface area (Å²) in [7, 11) is 4.67. The summed E-state index contributed by atoms with van der Waals surface area (Å²) >= 11 is 0. The first-order valence-electron chi connectivity index (χ1n) is 4.31. The van der Waals surface area contributed by atoms with Gasteiger partial charge in [0.15, 0.2) is 0 Å². The van der Waals surface area contributed by atoms with E-state index in [2.05, 4.69) is 19.2 Å². The van der Waals surface area contributed by atoms with Crippen LogP contribution in [0.4, 0.5) is 0 Å². The van der Waals surface area contributed by atoms with Crippen molar-refractivity contribution in [3.63, 3.8) is 0 Å². The topological polar surface area (TPSA) is 3.24 Å². The van der Waals surface area contributed by atoms with Crippen LogP contribution in [0.3, 0.4) is 0 Å². The van der Waals surface area contributed by atoms with Gasteiger partial charge in [-0.15, -0.1) is 0 Å². The van der Waals surface area contributed by atoms with Gasteiger partial charge < -0.3 is 4.90 Å². The van der Waals surface area contributed by atoms with Gasteiger partial charge in [0.1, 0.15) is 7.28 Å². The van der Waals surface area contributed by atoms with Crippen molar-refractivity contribution in [2.45, 2.75) is 25.5 Å². The number of nitrogens with zero attached hydrogens (tertiary/aromatic N) is 1.